The lowest BCUT2D eigenvalue weighted by atomic mass is 10.1. The molecular formula is C13H9Cl3OS. The molecule has 1 nitrogen and oxygen atoms in total. The van der Waals surface area contributed by atoms with Gasteiger partial charge in [-0.1, -0.05) is 34.8 Å². The molecule has 94 valence electrons. The topological polar surface area (TPSA) is 17.1 Å². The number of hydrogen-bond acceptors (Lipinski definition) is 2. The number of halogens is 3. The van der Waals surface area contributed by atoms with E-state index in [9.17, 15) is 4.79 Å². The molecule has 1 aromatic carbocycles. The Hall–Kier alpha value is -0.540. The van der Waals surface area contributed by atoms with Crippen molar-refractivity contribution >= 4 is 51.9 Å². The third kappa shape index (κ3) is 2.57. The summed E-state index contributed by atoms with van der Waals surface area (Å²) in [5.41, 5.74) is 1.40. The second kappa shape index (κ2) is 5.22. The van der Waals surface area contributed by atoms with Crippen LogP contribution in [0.3, 0.4) is 0 Å². The van der Waals surface area contributed by atoms with E-state index in [1.165, 1.54) is 23.5 Å². The van der Waals surface area contributed by atoms with Gasteiger partial charge in [0.15, 0.2) is 0 Å². The fraction of sp³-hybridized carbons (Fsp3) is 0.154. The van der Waals surface area contributed by atoms with Crippen LogP contribution in [0, 0.1) is 13.8 Å². The van der Waals surface area contributed by atoms with E-state index in [0.29, 0.717) is 15.5 Å². The zero-order valence-electron chi connectivity index (χ0n) is 9.68. The minimum Gasteiger partial charge on any atom is -0.288 e. The minimum absolute atomic E-state index is 0.164. The first-order valence-corrected chi connectivity index (χ1v) is 7.11. The maximum absolute atomic E-state index is 12.4. The van der Waals surface area contributed by atoms with E-state index in [4.69, 9.17) is 34.8 Å². The highest BCUT2D eigenvalue weighted by molar-refractivity contribution is 7.14. The Kier molecular flexibility index (Phi) is 4.02. The molecule has 2 rings (SSSR count). The second-order valence-electron chi connectivity index (χ2n) is 3.92. The van der Waals surface area contributed by atoms with Crippen LogP contribution in [-0.4, -0.2) is 5.78 Å². The van der Waals surface area contributed by atoms with Crippen molar-refractivity contribution in [2.45, 2.75) is 13.8 Å². The zero-order valence-corrected chi connectivity index (χ0v) is 12.8. The van der Waals surface area contributed by atoms with E-state index in [1.807, 2.05) is 19.9 Å². The normalized spacial score (nSPS) is 10.7. The third-order valence-corrected chi connectivity index (χ3v) is 4.59. The van der Waals surface area contributed by atoms with Crippen molar-refractivity contribution in [3.63, 3.8) is 0 Å². The molecule has 0 atom stereocenters. The number of carbonyl (C=O) groups excluding carboxylic acids is 1. The molecule has 18 heavy (non-hydrogen) atoms. The van der Waals surface area contributed by atoms with Gasteiger partial charge in [0.1, 0.15) is 0 Å². The summed E-state index contributed by atoms with van der Waals surface area (Å²) >= 11 is 19.3. The fourth-order valence-electron chi connectivity index (χ4n) is 1.57. The Balaban J connectivity index is 2.52. The highest BCUT2D eigenvalue weighted by Crippen LogP contribution is 2.33. The van der Waals surface area contributed by atoms with Gasteiger partial charge >= 0.3 is 0 Å². The number of benzene rings is 1. The average Bonchev–Trinajstić information content (AvgIpc) is 2.57. The van der Waals surface area contributed by atoms with Gasteiger partial charge in [0.05, 0.1) is 20.5 Å². The monoisotopic (exact) mass is 318 g/mol. The molecule has 0 saturated heterocycles. The molecule has 0 saturated carbocycles. The highest BCUT2D eigenvalue weighted by Gasteiger charge is 2.19. The van der Waals surface area contributed by atoms with E-state index in [0.717, 1.165) is 10.4 Å². The first kappa shape index (κ1) is 13.9. The van der Waals surface area contributed by atoms with Crippen molar-refractivity contribution in [2.24, 2.45) is 0 Å². The lowest BCUT2D eigenvalue weighted by Crippen LogP contribution is -2.01. The molecule has 0 aliphatic rings. The summed E-state index contributed by atoms with van der Waals surface area (Å²) in [6.07, 6.45) is 0. The van der Waals surface area contributed by atoms with Crippen LogP contribution >= 0.6 is 46.1 Å². The van der Waals surface area contributed by atoms with Crippen molar-refractivity contribution in [2.75, 3.05) is 0 Å². The Morgan fingerprint density at radius 2 is 1.61 bits per heavy atom. The summed E-state index contributed by atoms with van der Waals surface area (Å²) in [5, 5.41) is 0.975. The van der Waals surface area contributed by atoms with Crippen LogP contribution in [0.25, 0.3) is 0 Å². The largest absolute Gasteiger partial charge is 0.288 e. The van der Waals surface area contributed by atoms with Crippen molar-refractivity contribution in [1.29, 1.82) is 0 Å². The Bertz CT molecular complexity index is 589. The molecule has 1 aromatic heterocycles. The molecule has 0 bridgehead atoms. The molecule has 5 heteroatoms. The van der Waals surface area contributed by atoms with Gasteiger partial charge in [-0.3, -0.25) is 4.79 Å². The van der Waals surface area contributed by atoms with E-state index in [-0.39, 0.29) is 15.8 Å². The van der Waals surface area contributed by atoms with Crippen LogP contribution < -0.4 is 0 Å². The number of rotatable bonds is 2. The van der Waals surface area contributed by atoms with Crippen LogP contribution in [0.4, 0.5) is 0 Å². The van der Waals surface area contributed by atoms with Gasteiger partial charge in [-0.15, -0.1) is 11.3 Å². The van der Waals surface area contributed by atoms with Crippen LogP contribution in [0.1, 0.15) is 25.7 Å². The number of ketones is 1. The van der Waals surface area contributed by atoms with Gasteiger partial charge in [-0.05, 0) is 37.6 Å². The smallest absolute Gasteiger partial charge is 0.205 e. The molecule has 2 aromatic rings. The van der Waals surface area contributed by atoms with Gasteiger partial charge in [-0.25, -0.2) is 0 Å². The molecule has 0 radical (unpaired) electrons. The molecule has 0 aliphatic heterocycles. The first-order chi connectivity index (χ1) is 8.40. The number of aryl methyl sites for hydroxylation is 2. The van der Waals surface area contributed by atoms with E-state index >= 15 is 0 Å². The predicted molar refractivity (Wildman–Crippen MR) is 78.7 cm³/mol. The third-order valence-electron chi connectivity index (χ3n) is 2.62. The van der Waals surface area contributed by atoms with Gasteiger partial charge in [0, 0.05) is 9.90 Å². The van der Waals surface area contributed by atoms with Crippen LogP contribution in [0.5, 0.6) is 0 Å². The quantitative estimate of drug-likeness (QED) is 0.663. The Labute approximate surface area is 124 Å². The lowest BCUT2D eigenvalue weighted by Gasteiger charge is -2.05. The van der Waals surface area contributed by atoms with Crippen LogP contribution in [0.15, 0.2) is 18.2 Å². The number of thiophene rings is 1. The Morgan fingerprint density at radius 3 is 2.06 bits per heavy atom. The van der Waals surface area contributed by atoms with Gasteiger partial charge in [0.2, 0.25) is 5.78 Å². The summed E-state index contributed by atoms with van der Waals surface area (Å²) < 4.78 is 0. The summed E-state index contributed by atoms with van der Waals surface area (Å²) in [7, 11) is 0. The fourth-order valence-corrected chi connectivity index (χ4v) is 3.54. The first-order valence-electron chi connectivity index (χ1n) is 5.16. The number of carbonyl (C=O) groups is 1. The lowest BCUT2D eigenvalue weighted by molar-refractivity contribution is 0.104. The highest BCUT2D eigenvalue weighted by atomic mass is 35.5. The van der Waals surface area contributed by atoms with E-state index in [1.54, 1.807) is 0 Å². The van der Waals surface area contributed by atoms with Crippen molar-refractivity contribution in [3.05, 3.63) is 54.1 Å². The molecule has 0 N–H and O–H groups in total. The van der Waals surface area contributed by atoms with Crippen molar-refractivity contribution in [1.82, 2.24) is 0 Å². The van der Waals surface area contributed by atoms with Gasteiger partial charge in [-0.2, -0.15) is 0 Å². The van der Waals surface area contributed by atoms with E-state index < -0.39 is 0 Å². The molecular weight excluding hydrogens is 311 g/mol. The maximum Gasteiger partial charge on any atom is 0.205 e. The van der Waals surface area contributed by atoms with Crippen molar-refractivity contribution in [3.8, 4) is 0 Å². The predicted octanol–water partition coefficient (Wildman–Crippen LogP) is 5.56. The second-order valence-corrected chi connectivity index (χ2v) is 6.43. The molecule has 0 aliphatic carbocycles. The molecule has 0 fully saturated rings. The minimum atomic E-state index is -0.164. The maximum atomic E-state index is 12.4. The van der Waals surface area contributed by atoms with Crippen LogP contribution in [-0.2, 0) is 0 Å². The van der Waals surface area contributed by atoms with E-state index in [2.05, 4.69) is 0 Å². The van der Waals surface area contributed by atoms with Crippen molar-refractivity contribution < 1.29 is 4.79 Å². The summed E-state index contributed by atoms with van der Waals surface area (Å²) in [4.78, 5) is 14.1. The van der Waals surface area contributed by atoms with Gasteiger partial charge in [0.25, 0.3) is 0 Å². The van der Waals surface area contributed by atoms with Crippen LogP contribution in [0.2, 0.25) is 15.1 Å². The molecule has 0 spiro atoms. The molecule has 0 amide bonds. The molecule has 1 heterocycles. The summed E-state index contributed by atoms with van der Waals surface area (Å²) in [6, 6.07) is 4.90. The zero-order chi connectivity index (χ0) is 13.4. The summed E-state index contributed by atoms with van der Waals surface area (Å²) in [6.45, 7) is 3.94. The Morgan fingerprint density at radius 1 is 1.06 bits per heavy atom. The SMILES string of the molecule is Cc1cc(C(=O)c2c(Cl)cc(Cl)cc2Cl)sc1C. The standard InChI is InChI=1S/C13H9Cl3OS/c1-6-3-11(18-7(6)2)13(17)12-9(15)4-8(14)5-10(12)16/h3-5H,1-2H3. The summed E-state index contributed by atoms with van der Waals surface area (Å²) in [5.74, 6) is -0.164. The van der Waals surface area contributed by atoms with Gasteiger partial charge < -0.3 is 0 Å². The average molecular weight is 320 g/mol. The molecule has 0 unspecified atom stereocenters. The number of hydrogen-bond donors (Lipinski definition) is 0.